The van der Waals surface area contributed by atoms with E-state index >= 15 is 0 Å². The first-order valence-electron chi connectivity index (χ1n) is 7.15. The van der Waals surface area contributed by atoms with Gasteiger partial charge in [-0.2, -0.15) is 0 Å². The average Bonchev–Trinajstić information content (AvgIpc) is 2.72. The summed E-state index contributed by atoms with van der Waals surface area (Å²) >= 11 is 5.51. The topological polar surface area (TPSA) is 26.0 Å². The Hall–Kier alpha value is 0.140. The van der Waals surface area contributed by atoms with Gasteiger partial charge in [0.05, 0.1) is 0 Å². The zero-order chi connectivity index (χ0) is 12.3. The first-order chi connectivity index (χ1) is 8.66. The third-order valence-corrected chi connectivity index (χ3v) is 7.63. The van der Waals surface area contributed by atoms with Crippen LogP contribution in [-0.2, 0) is 0 Å². The van der Waals surface area contributed by atoms with E-state index in [4.69, 9.17) is 5.73 Å². The fourth-order valence-corrected chi connectivity index (χ4v) is 7.13. The van der Waals surface area contributed by atoms with Gasteiger partial charge in [-0.1, -0.05) is 0 Å². The zero-order valence-electron chi connectivity index (χ0n) is 10.6. The number of halogens is 1. The van der Waals surface area contributed by atoms with E-state index in [0.717, 1.165) is 17.8 Å². The quantitative estimate of drug-likeness (QED) is 0.835. The van der Waals surface area contributed by atoms with Crippen molar-refractivity contribution in [3.8, 4) is 0 Å². The Kier molecular flexibility index (Phi) is 2.69. The minimum atomic E-state index is 0.264. The Balaban J connectivity index is 1.69. The molecule has 0 amide bonds. The molecule has 5 rings (SSSR count). The van der Waals surface area contributed by atoms with Gasteiger partial charge < -0.3 is 5.73 Å². The van der Waals surface area contributed by atoms with Gasteiger partial charge in [0.2, 0.25) is 0 Å². The van der Waals surface area contributed by atoms with E-state index in [1.807, 2.05) is 11.3 Å². The second kappa shape index (κ2) is 4.07. The van der Waals surface area contributed by atoms with Gasteiger partial charge in [-0.15, -0.1) is 11.3 Å². The molecule has 0 saturated heterocycles. The van der Waals surface area contributed by atoms with Crippen LogP contribution >= 0.6 is 27.3 Å². The summed E-state index contributed by atoms with van der Waals surface area (Å²) in [7, 11) is 0. The predicted molar refractivity (Wildman–Crippen MR) is 79.6 cm³/mol. The lowest BCUT2D eigenvalue weighted by atomic mass is 9.47. The van der Waals surface area contributed by atoms with Crippen molar-refractivity contribution in [3.63, 3.8) is 0 Å². The van der Waals surface area contributed by atoms with Gasteiger partial charge in [-0.3, -0.25) is 0 Å². The summed E-state index contributed by atoms with van der Waals surface area (Å²) in [6.07, 6.45) is 8.67. The molecule has 18 heavy (non-hydrogen) atoms. The van der Waals surface area contributed by atoms with E-state index in [-0.39, 0.29) is 6.04 Å². The van der Waals surface area contributed by atoms with Crippen LogP contribution in [-0.4, -0.2) is 0 Å². The summed E-state index contributed by atoms with van der Waals surface area (Å²) in [6.45, 7) is 0. The Morgan fingerprint density at radius 2 is 1.72 bits per heavy atom. The van der Waals surface area contributed by atoms with Crippen molar-refractivity contribution in [2.75, 3.05) is 0 Å². The van der Waals surface area contributed by atoms with Crippen LogP contribution < -0.4 is 5.73 Å². The molecule has 4 saturated carbocycles. The van der Waals surface area contributed by atoms with Gasteiger partial charge in [-0.25, -0.2) is 0 Å². The van der Waals surface area contributed by atoms with Crippen molar-refractivity contribution in [2.24, 2.45) is 28.9 Å². The number of nitrogens with two attached hydrogens (primary N) is 1. The van der Waals surface area contributed by atoms with Gasteiger partial charge >= 0.3 is 0 Å². The summed E-state index contributed by atoms with van der Waals surface area (Å²) in [4.78, 5) is 1.39. The molecule has 4 aliphatic rings. The predicted octanol–water partition coefficient (Wildman–Crippen LogP) is 4.73. The van der Waals surface area contributed by atoms with Crippen LogP contribution in [0.4, 0.5) is 0 Å². The number of hydrogen-bond acceptors (Lipinski definition) is 2. The minimum Gasteiger partial charge on any atom is -0.323 e. The molecule has 0 aromatic carbocycles. The highest BCUT2D eigenvalue weighted by Gasteiger charge is 2.54. The Morgan fingerprint density at radius 3 is 2.17 bits per heavy atom. The van der Waals surface area contributed by atoms with Gasteiger partial charge in [0.25, 0.3) is 0 Å². The van der Waals surface area contributed by atoms with Crippen molar-refractivity contribution in [1.82, 2.24) is 0 Å². The van der Waals surface area contributed by atoms with Crippen LogP contribution in [0.1, 0.15) is 49.4 Å². The highest BCUT2D eigenvalue weighted by molar-refractivity contribution is 9.10. The number of hydrogen-bond donors (Lipinski definition) is 1. The van der Waals surface area contributed by atoms with Gasteiger partial charge in [0, 0.05) is 15.4 Å². The highest BCUT2D eigenvalue weighted by Crippen LogP contribution is 2.64. The fraction of sp³-hybridized carbons (Fsp3) is 0.733. The minimum absolute atomic E-state index is 0.264. The Bertz CT molecular complexity index is 432. The standard InChI is InChI=1S/C15H20BrNS/c16-12-1-2-18-13(12)14(17)15-6-9-3-10(7-15)5-11(4-9)8-15/h1-2,9-11,14H,3-8,17H2. The van der Waals surface area contributed by atoms with Crippen LogP contribution in [0.2, 0.25) is 0 Å². The first kappa shape index (κ1) is 11.9. The lowest BCUT2D eigenvalue weighted by Crippen LogP contribution is -2.50. The van der Waals surface area contributed by atoms with E-state index in [1.165, 1.54) is 47.9 Å². The van der Waals surface area contributed by atoms with Crippen molar-refractivity contribution in [2.45, 2.75) is 44.6 Å². The van der Waals surface area contributed by atoms with Gasteiger partial charge in [0.1, 0.15) is 0 Å². The smallest absolute Gasteiger partial charge is 0.0458 e. The molecule has 98 valence electrons. The fourth-order valence-electron chi connectivity index (χ4n) is 5.36. The van der Waals surface area contributed by atoms with Crippen LogP contribution in [0.3, 0.4) is 0 Å². The molecule has 4 fully saturated rings. The molecule has 1 aromatic rings. The van der Waals surface area contributed by atoms with Crippen LogP contribution in [0.5, 0.6) is 0 Å². The highest BCUT2D eigenvalue weighted by atomic mass is 79.9. The summed E-state index contributed by atoms with van der Waals surface area (Å²) in [6, 6.07) is 2.42. The molecule has 4 bridgehead atoms. The molecule has 1 atom stereocenters. The zero-order valence-corrected chi connectivity index (χ0v) is 13.0. The monoisotopic (exact) mass is 325 g/mol. The van der Waals surface area contributed by atoms with Crippen LogP contribution in [0.15, 0.2) is 15.9 Å². The Labute approximate surface area is 121 Å². The SMILES string of the molecule is NC(c1sccc1Br)C12CC3CC(CC(C3)C1)C2. The van der Waals surface area contributed by atoms with Gasteiger partial charge in [-0.05, 0) is 89.1 Å². The molecule has 3 heteroatoms. The molecular weight excluding hydrogens is 306 g/mol. The lowest BCUT2D eigenvalue weighted by Gasteiger charge is -2.58. The van der Waals surface area contributed by atoms with E-state index in [0.29, 0.717) is 5.41 Å². The molecule has 2 N–H and O–H groups in total. The Morgan fingerprint density at radius 1 is 1.17 bits per heavy atom. The maximum Gasteiger partial charge on any atom is 0.0458 e. The van der Waals surface area contributed by atoms with E-state index < -0.39 is 0 Å². The third-order valence-electron chi connectivity index (χ3n) is 5.67. The third kappa shape index (κ3) is 1.66. The maximum absolute atomic E-state index is 6.72. The maximum atomic E-state index is 6.72. The molecular formula is C15H20BrNS. The van der Waals surface area contributed by atoms with Gasteiger partial charge in [0.15, 0.2) is 0 Å². The normalized spacial score (nSPS) is 43.3. The molecule has 0 radical (unpaired) electrons. The number of rotatable bonds is 2. The van der Waals surface area contributed by atoms with Crippen molar-refractivity contribution in [3.05, 3.63) is 20.8 Å². The van der Waals surface area contributed by atoms with E-state index in [1.54, 1.807) is 0 Å². The molecule has 4 aliphatic carbocycles. The van der Waals surface area contributed by atoms with Crippen LogP contribution in [0.25, 0.3) is 0 Å². The molecule has 1 nitrogen and oxygen atoms in total. The second-order valence-corrected chi connectivity index (χ2v) is 8.69. The second-order valence-electron chi connectivity index (χ2n) is 6.89. The summed E-state index contributed by atoms with van der Waals surface area (Å²) in [5, 5.41) is 2.17. The molecule has 1 unspecified atom stereocenters. The van der Waals surface area contributed by atoms with E-state index in [2.05, 4.69) is 27.4 Å². The summed E-state index contributed by atoms with van der Waals surface area (Å²) < 4.78 is 1.23. The molecule has 1 heterocycles. The largest absolute Gasteiger partial charge is 0.323 e. The van der Waals surface area contributed by atoms with Crippen molar-refractivity contribution in [1.29, 1.82) is 0 Å². The summed E-state index contributed by atoms with van der Waals surface area (Å²) in [5.41, 5.74) is 7.15. The molecule has 0 spiro atoms. The first-order valence-corrected chi connectivity index (χ1v) is 8.82. The van der Waals surface area contributed by atoms with Crippen LogP contribution in [0, 0.1) is 23.2 Å². The average molecular weight is 326 g/mol. The van der Waals surface area contributed by atoms with Crippen molar-refractivity contribution >= 4 is 27.3 Å². The lowest BCUT2D eigenvalue weighted by molar-refractivity contribution is -0.0673. The molecule has 1 aromatic heterocycles. The number of thiophene rings is 1. The summed E-state index contributed by atoms with van der Waals surface area (Å²) in [5.74, 6) is 2.96. The van der Waals surface area contributed by atoms with E-state index in [9.17, 15) is 0 Å². The molecule has 0 aliphatic heterocycles. The van der Waals surface area contributed by atoms with Crippen molar-refractivity contribution < 1.29 is 0 Å².